The summed E-state index contributed by atoms with van der Waals surface area (Å²) in [6.07, 6.45) is 5.20. The van der Waals surface area contributed by atoms with Gasteiger partial charge in [-0.05, 0) is 51.9 Å². The Morgan fingerprint density at radius 1 is 1.21 bits per heavy atom. The molecule has 0 atom stereocenters. The zero-order valence-corrected chi connectivity index (χ0v) is 16.7. The predicted molar refractivity (Wildman–Crippen MR) is 110 cm³/mol. The van der Waals surface area contributed by atoms with Gasteiger partial charge < -0.3 is 15.5 Å². The maximum absolute atomic E-state index is 12.4. The highest BCUT2D eigenvalue weighted by Crippen LogP contribution is 2.22. The van der Waals surface area contributed by atoms with Crippen molar-refractivity contribution in [3.05, 3.63) is 57.9 Å². The van der Waals surface area contributed by atoms with Crippen molar-refractivity contribution in [3.63, 3.8) is 0 Å². The van der Waals surface area contributed by atoms with Crippen LogP contribution < -0.4 is 10.6 Å². The van der Waals surface area contributed by atoms with Gasteiger partial charge in [-0.3, -0.25) is 14.9 Å². The summed E-state index contributed by atoms with van der Waals surface area (Å²) in [5, 5.41) is 17.3. The number of hydrogen-bond acceptors (Lipinski definition) is 7. The van der Waals surface area contributed by atoms with Crippen LogP contribution in [0.4, 0.5) is 11.6 Å². The minimum Gasteiger partial charge on any atom is -0.351 e. The van der Waals surface area contributed by atoms with E-state index in [2.05, 4.69) is 25.5 Å². The van der Waals surface area contributed by atoms with E-state index < -0.39 is 4.92 Å². The number of aromatic nitrogens is 2. The number of nitrogens with zero attached hydrogens (tertiary/aromatic N) is 4. The molecule has 0 spiro atoms. The zero-order valence-electron chi connectivity index (χ0n) is 16.7. The van der Waals surface area contributed by atoms with Gasteiger partial charge in [-0.1, -0.05) is 6.07 Å². The largest absolute Gasteiger partial charge is 0.351 e. The lowest BCUT2D eigenvalue weighted by Crippen LogP contribution is -2.40. The number of nitrogens with one attached hydrogen (secondary N) is 2. The summed E-state index contributed by atoms with van der Waals surface area (Å²) in [7, 11) is 4.00. The Morgan fingerprint density at radius 2 is 1.93 bits per heavy atom. The van der Waals surface area contributed by atoms with E-state index in [1.807, 2.05) is 20.2 Å². The number of nitro groups is 1. The first-order valence-corrected chi connectivity index (χ1v) is 9.69. The van der Waals surface area contributed by atoms with Crippen LogP contribution in [0.3, 0.4) is 0 Å². The fourth-order valence-electron chi connectivity index (χ4n) is 3.47. The zero-order chi connectivity index (χ0) is 20.8. The normalized spacial score (nSPS) is 19.0. The van der Waals surface area contributed by atoms with Crippen molar-refractivity contribution < 1.29 is 9.72 Å². The van der Waals surface area contributed by atoms with Gasteiger partial charge in [-0.25, -0.2) is 9.97 Å². The highest BCUT2D eigenvalue weighted by atomic mass is 16.6. The van der Waals surface area contributed by atoms with Crippen LogP contribution in [-0.4, -0.2) is 51.9 Å². The Kier molecular flexibility index (Phi) is 6.71. The summed E-state index contributed by atoms with van der Waals surface area (Å²) in [5.41, 5.74) is 1.19. The Balaban J connectivity index is 1.50. The molecular weight excluding hydrogens is 372 g/mol. The lowest BCUT2D eigenvalue weighted by molar-refractivity contribution is -0.384. The van der Waals surface area contributed by atoms with Crippen molar-refractivity contribution in [3.8, 4) is 0 Å². The van der Waals surface area contributed by atoms with Crippen molar-refractivity contribution in [2.45, 2.75) is 44.3 Å². The molecule has 1 aromatic carbocycles. The molecule has 0 bridgehead atoms. The summed E-state index contributed by atoms with van der Waals surface area (Å²) in [6.45, 7) is 0.758. The lowest BCUT2D eigenvalue weighted by Gasteiger charge is -2.29. The number of carbonyl (C=O) groups is 1. The smallest absolute Gasteiger partial charge is 0.270 e. The van der Waals surface area contributed by atoms with Gasteiger partial charge in [0.15, 0.2) is 0 Å². The minimum atomic E-state index is -0.497. The highest BCUT2D eigenvalue weighted by Gasteiger charge is 2.24. The number of benzene rings is 1. The lowest BCUT2D eigenvalue weighted by atomic mass is 9.91. The number of anilines is 1. The van der Waals surface area contributed by atoms with E-state index in [4.69, 9.17) is 0 Å². The molecule has 3 rings (SSSR count). The molecule has 9 heteroatoms. The molecule has 2 N–H and O–H groups in total. The summed E-state index contributed by atoms with van der Waals surface area (Å²) < 4.78 is 0. The molecule has 2 aromatic rings. The summed E-state index contributed by atoms with van der Waals surface area (Å²) in [4.78, 5) is 33.7. The highest BCUT2D eigenvalue weighted by molar-refractivity contribution is 5.95. The summed E-state index contributed by atoms with van der Waals surface area (Å²) in [6, 6.07) is 8.03. The first-order valence-electron chi connectivity index (χ1n) is 9.69. The van der Waals surface area contributed by atoms with Gasteiger partial charge in [0, 0.05) is 42.5 Å². The molecule has 0 saturated heterocycles. The van der Waals surface area contributed by atoms with Crippen LogP contribution in [0.2, 0.25) is 0 Å². The fourth-order valence-corrected chi connectivity index (χ4v) is 3.47. The molecule has 0 unspecified atom stereocenters. The van der Waals surface area contributed by atoms with E-state index in [-0.39, 0.29) is 23.7 Å². The molecule has 0 radical (unpaired) electrons. The first kappa shape index (κ1) is 20.7. The SMILES string of the molecule is CN(C)Cc1ccnc(NC2CCC(NC(=O)c3cccc([N+](=O)[O-])c3)CC2)n1. The molecule has 29 heavy (non-hydrogen) atoms. The van der Waals surface area contributed by atoms with Crippen LogP contribution >= 0.6 is 0 Å². The van der Waals surface area contributed by atoms with Gasteiger partial charge in [0.1, 0.15) is 0 Å². The maximum Gasteiger partial charge on any atom is 0.270 e. The average molecular weight is 398 g/mol. The number of amides is 1. The number of nitro benzene ring substituents is 1. The second-order valence-electron chi connectivity index (χ2n) is 7.58. The third kappa shape index (κ3) is 5.95. The molecule has 1 aromatic heterocycles. The predicted octanol–water partition coefficient (Wildman–Crippen LogP) is 2.60. The third-order valence-corrected chi connectivity index (χ3v) is 4.91. The fraction of sp³-hybridized carbons (Fsp3) is 0.450. The second kappa shape index (κ2) is 9.42. The van der Waals surface area contributed by atoms with Crippen LogP contribution in [0.25, 0.3) is 0 Å². The van der Waals surface area contributed by atoms with E-state index in [1.54, 1.807) is 12.3 Å². The molecule has 1 saturated carbocycles. The van der Waals surface area contributed by atoms with Gasteiger partial charge in [0.05, 0.1) is 10.6 Å². The second-order valence-corrected chi connectivity index (χ2v) is 7.58. The van der Waals surface area contributed by atoms with Crippen molar-refractivity contribution in [2.75, 3.05) is 19.4 Å². The van der Waals surface area contributed by atoms with Gasteiger partial charge in [-0.15, -0.1) is 0 Å². The van der Waals surface area contributed by atoms with Crippen LogP contribution in [0.1, 0.15) is 41.7 Å². The van der Waals surface area contributed by atoms with Gasteiger partial charge in [0.2, 0.25) is 5.95 Å². The maximum atomic E-state index is 12.4. The van der Waals surface area contributed by atoms with Crippen molar-refractivity contribution in [1.29, 1.82) is 0 Å². The topological polar surface area (TPSA) is 113 Å². The van der Waals surface area contributed by atoms with Crippen LogP contribution in [0, 0.1) is 10.1 Å². The number of hydrogen-bond donors (Lipinski definition) is 2. The van der Waals surface area contributed by atoms with Gasteiger partial charge in [-0.2, -0.15) is 0 Å². The molecule has 1 amide bonds. The van der Waals surface area contributed by atoms with Crippen LogP contribution in [0.5, 0.6) is 0 Å². The Morgan fingerprint density at radius 3 is 2.62 bits per heavy atom. The molecular formula is C20H26N6O3. The van der Waals surface area contributed by atoms with Gasteiger partial charge >= 0.3 is 0 Å². The summed E-state index contributed by atoms with van der Waals surface area (Å²) >= 11 is 0. The minimum absolute atomic E-state index is 0.0563. The standard InChI is InChI=1S/C20H26N6O3/c1-25(2)13-17-10-11-21-20(24-17)23-16-8-6-15(7-9-16)22-19(27)14-4-3-5-18(12-14)26(28)29/h3-5,10-12,15-16H,6-9,13H2,1-2H3,(H,22,27)(H,21,23,24). The molecule has 1 fully saturated rings. The molecule has 1 aliphatic carbocycles. The van der Waals surface area contributed by atoms with E-state index in [9.17, 15) is 14.9 Å². The van der Waals surface area contributed by atoms with Crippen LogP contribution in [-0.2, 0) is 6.54 Å². The van der Waals surface area contributed by atoms with Crippen molar-refractivity contribution in [1.82, 2.24) is 20.2 Å². The van der Waals surface area contributed by atoms with Crippen molar-refractivity contribution >= 4 is 17.5 Å². The molecule has 0 aliphatic heterocycles. The Bertz CT molecular complexity index is 865. The number of carbonyl (C=O) groups excluding carboxylic acids is 1. The number of rotatable bonds is 7. The Hall–Kier alpha value is -3.07. The molecule has 1 aliphatic rings. The molecule has 154 valence electrons. The average Bonchev–Trinajstić information content (AvgIpc) is 2.69. The van der Waals surface area contributed by atoms with E-state index >= 15 is 0 Å². The first-order chi connectivity index (χ1) is 13.9. The van der Waals surface area contributed by atoms with Gasteiger partial charge in [0.25, 0.3) is 11.6 Å². The summed E-state index contributed by atoms with van der Waals surface area (Å²) in [5.74, 6) is 0.359. The van der Waals surface area contributed by atoms with E-state index in [1.165, 1.54) is 18.2 Å². The van der Waals surface area contributed by atoms with Crippen LogP contribution in [0.15, 0.2) is 36.5 Å². The Labute approximate surface area is 169 Å². The third-order valence-electron chi connectivity index (χ3n) is 4.91. The monoisotopic (exact) mass is 398 g/mol. The van der Waals surface area contributed by atoms with E-state index in [0.717, 1.165) is 37.9 Å². The molecule has 1 heterocycles. The quantitative estimate of drug-likeness (QED) is 0.544. The van der Waals surface area contributed by atoms with Crippen molar-refractivity contribution in [2.24, 2.45) is 0 Å². The van der Waals surface area contributed by atoms with E-state index in [0.29, 0.717) is 11.5 Å². The number of non-ortho nitro benzene ring substituents is 1. The molecule has 9 nitrogen and oxygen atoms in total.